The first-order valence-electron chi connectivity index (χ1n) is 5.90. The van der Waals surface area contributed by atoms with Gasteiger partial charge in [0.1, 0.15) is 6.54 Å². The summed E-state index contributed by atoms with van der Waals surface area (Å²) in [6.07, 6.45) is 1.28. The Hall–Kier alpha value is -2.22. The van der Waals surface area contributed by atoms with E-state index in [-0.39, 0.29) is 18.9 Å². The molecule has 7 nitrogen and oxygen atoms in total. The zero-order valence-electron chi connectivity index (χ0n) is 10.9. The Balaban J connectivity index is 1.90. The van der Waals surface area contributed by atoms with Crippen LogP contribution in [0.1, 0.15) is 11.3 Å². The first kappa shape index (κ1) is 14.2. The lowest BCUT2D eigenvalue weighted by Gasteiger charge is -2.16. The molecule has 0 aliphatic carbocycles. The van der Waals surface area contributed by atoms with E-state index in [1.807, 2.05) is 16.8 Å². The minimum Gasteiger partial charge on any atom is -0.481 e. The van der Waals surface area contributed by atoms with Crippen LogP contribution in [0.4, 0.5) is 0 Å². The van der Waals surface area contributed by atoms with Crippen molar-refractivity contribution in [1.82, 2.24) is 19.9 Å². The number of nitrogens with zero attached hydrogens (tertiary/aromatic N) is 4. The van der Waals surface area contributed by atoms with Gasteiger partial charge in [-0.25, -0.2) is 4.68 Å². The van der Waals surface area contributed by atoms with Gasteiger partial charge in [0.05, 0.1) is 12.1 Å². The Bertz CT molecular complexity index is 594. The summed E-state index contributed by atoms with van der Waals surface area (Å²) in [5.41, 5.74) is 1.42. The molecule has 2 aromatic heterocycles. The van der Waals surface area contributed by atoms with Crippen LogP contribution >= 0.6 is 11.3 Å². The smallest absolute Gasteiger partial charge is 0.309 e. The third-order valence-electron chi connectivity index (χ3n) is 2.64. The minimum absolute atomic E-state index is 0.0489. The van der Waals surface area contributed by atoms with Crippen molar-refractivity contribution >= 4 is 23.2 Å². The van der Waals surface area contributed by atoms with E-state index in [1.165, 1.54) is 10.9 Å². The van der Waals surface area contributed by atoms with Gasteiger partial charge in [0, 0.05) is 19.8 Å². The first-order valence-corrected chi connectivity index (χ1v) is 6.84. The molecule has 0 fully saturated rings. The molecule has 0 atom stereocenters. The molecule has 0 unspecified atom stereocenters. The van der Waals surface area contributed by atoms with Crippen LogP contribution in [-0.2, 0) is 29.1 Å². The predicted octanol–water partition coefficient (Wildman–Crippen LogP) is 0.625. The van der Waals surface area contributed by atoms with Crippen molar-refractivity contribution in [3.05, 3.63) is 34.3 Å². The molecule has 0 radical (unpaired) electrons. The molecule has 0 aromatic carbocycles. The largest absolute Gasteiger partial charge is 0.481 e. The van der Waals surface area contributed by atoms with Crippen molar-refractivity contribution in [1.29, 1.82) is 0 Å². The van der Waals surface area contributed by atoms with E-state index in [9.17, 15) is 9.59 Å². The maximum absolute atomic E-state index is 12.0. The van der Waals surface area contributed by atoms with E-state index >= 15 is 0 Å². The van der Waals surface area contributed by atoms with Crippen LogP contribution in [0.2, 0.25) is 0 Å². The van der Waals surface area contributed by atoms with Crippen molar-refractivity contribution in [3.8, 4) is 0 Å². The number of aliphatic carboxylic acids is 1. The van der Waals surface area contributed by atoms with E-state index < -0.39 is 5.97 Å². The number of amides is 1. The zero-order chi connectivity index (χ0) is 14.5. The third kappa shape index (κ3) is 3.89. The average Bonchev–Trinajstić information content (AvgIpc) is 3.00. The molecule has 0 aliphatic rings. The molecule has 2 heterocycles. The number of likely N-dealkylation sites (N-methyl/N-ethyl adjacent to an activating group) is 1. The molecule has 1 N–H and O–H groups in total. The maximum atomic E-state index is 12.0. The number of hydrogen-bond donors (Lipinski definition) is 1. The van der Waals surface area contributed by atoms with Gasteiger partial charge in [0.25, 0.3) is 0 Å². The summed E-state index contributed by atoms with van der Waals surface area (Å²) in [7, 11) is 1.72. The molecule has 0 spiro atoms. The van der Waals surface area contributed by atoms with Gasteiger partial charge in [-0.15, -0.1) is 5.10 Å². The fraction of sp³-hybridized carbons (Fsp3) is 0.333. The van der Waals surface area contributed by atoms with E-state index in [0.717, 1.165) is 5.56 Å². The van der Waals surface area contributed by atoms with Crippen molar-refractivity contribution in [3.63, 3.8) is 0 Å². The van der Waals surface area contributed by atoms with E-state index in [4.69, 9.17) is 5.11 Å². The molecule has 2 rings (SSSR count). The molecule has 2 aromatic rings. The normalized spacial score (nSPS) is 10.4. The summed E-state index contributed by atoms with van der Waals surface area (Å²) in [6.45, 7) is 0.590. The second-order valence-corrected chi connectivity index (χ2v) is 5.14. The number of hydrogen-bond acceptors (Lipinski definition) is 5. The highest BCUT2D eigenvalue weighted by molar-refractivity contribution is 7.07. The van der Waals surface area contributed by atoms with Crippen molar-refractivity contribution in [2.45, 2.75) is 19.5 Å². The highest BCUT2D eigenvalue weighted by atomic mass is 32.1. The summed E-state index contributed by atoms with van der Waals surface area (Å²) in [6, 6.07) is 1.97. The number of rotatable bonds is 6. The quantitative estimate of drug-likeness (QED) is 0.844. The Kier molecular flexibility index (Phi) is 4.46. The highest BCUT2D eigenvalue weighted by Crippen LogP contribution is 2.08. The molecule has 0 bridgehead atoms. The third-order valence-corrected chi connectivity index (χ3v) is 3.37. The number of aromatic nitrogens is 3. The second kappa shape index (κ2) is 6.29. The Labute approximate surface area is 119 Å². The van der Waals surface area contributed by atoms with Gasteiger partial charge >= 0.3 is 5.97 Å². The number of carbonyl (C=O) groups is 2. The Morgan fingerprint density at radius 1 is 1.50 bits per heavy atom. The van der Waals surface area contributed by atoms with E-state index in [1.54, 1.807) is 23.3 Å². The van der Waals surface area contributed by atoms with Crippen LogP contribution in [0.25, 0.3) is 0 Å². The van der Waals surface area contributed by atoms with E-state index in [0.29, 0.717) is 12.2 Å². The van der Waals surface area contributed by atoms with Gasteiger partial charge in [0.2, 0.25) is 5.91 Å². The topological polar surface area (TPSA) is 88.3 Å². The summed E-state index contributed by atoms with van der Waals surface area (Å²) in [4.78, 5) is 24.1. The minimum atomic E-state index is -0.974. The molecule has 0 saturated heterocycles. The van der Waals surface area contributed by atoms with Crippen LogP contribution in [0.15, 0.2) is 23.0 Å². The number of thiophene rings is 1. The van der Waals surface area contributed by atoms with Crippen LogP contribution in [-0.4, -0.2) is 43.9 Å². The molecule has 8 heteroatoms. The van der Waals surface area contributed by atoms with Gasteiger partial charge < -0.3 is 10.0 Å². The summed E-state index contributed by atoms with van der Waals surface area (Å²) in [5.74, 6) is -1.08. The Morgan fingerprint density at radius 2 is 2.30 bits per heavy atom. The van der Waals surface area contributed by atoms with Crippen molar-refractivity contribution < 1.29 is 14.7 Å². The number of carboxylic acid groups (broad SMARTS) is 1. The zero-order valence-corrected chi connectivity index (χ0v) is 11.7. The number of carbonyl (C=O) groups excluding carboxylic acids is 1. The Morgan fingerprint density at radius 3 is 2.95 bits per heavy atom. The molecular formula is C12H14N4O3S. The van der Waals surface area contributed by atoms with Gasteiger partial charge in [-0.3, -0.25) is 9.59 Å². The molecule has 106 valence electrons. The average molecular weight is 294 g/mol. The summed E-state index contributed by atoms with van der Waals surface area (Å²) < 4.78 is 1.35. The lowest BCUT2D eigenvalue weighted by Crippen LogP contribution is -2.29. The van der Waals surface area contributed by atoms with Crippen LogP contribution < -0.4 is 0 Å². The molecule has 20 heavy (non-hydrogen) atoms. The number of carboxylic acids is 1. The van der Waals surface area contributed by atoms with Gasteiger partial charge in [-0.2, -0.15) is 11.3 Å². The van der Waals surface area contributed by atoms with E-state index in [2.05, 4.69) is 10.3 Å². The summed E-state index contributed by atoms with van der Waals surface area (Å²) in [5, 5.41) is 20.0. The molecular weight excluding hydrogens is 280 g/mol. The fourth-order valence-corrected chi connectivity index (χ4v) is 2.32. The lowest BCUT2D eigenvalue weighted by molar-refractivity contribution is -0.136. The fourth-order valence-electron chi connectivity index (χ4n) is 1.66. The maximum Gasteiger partial charge on any atom is 0.309 e. The van der Waals surface area contributed by atoms with Crippen molar-refractivity contribution in [2.75, 3.05) is 7.05 Å². The monoisotopic (exact) mass is 294 g/mol. The highest BCUT2D eigenvalue weighted by Gasteiger charge is 2.12. The van der Waals surface area contributed by atoms with Crippen LogP contribution in [0.3, 0.4) is 0 Å². The predicted molar refractivity (Wildman–Crippen MR) is 72.2 cm³/mol. The second-order valence-electron chi connectivity index (χ2n) is 4.36. The first-order chi connectivity index (χ1) is 9.54. The standard InChI is InChI=1S/C12H14N4O3S/c1-15(5-9-2-3-20-8-9)11(17)7-16-6-10(13-14-16)4-12(18)19/h2-3,6,8H,4-5,7H2,1H3,(H,18,19). The lowest BCUT2D eigenvalue weighted by atomic mass is 10.3. The molecule has 0 saturated carbocycles. The SMILES string of the molecule is CN(Cc1ccsc1)C(=O)Cn1cc(CC(=O)O)nn1. The molecule has 1 amide bonds. The van der Waals surface area contributed by atoms with Crippen LogP contribution in [0, 0.1) is 0 Å². The van der Waals surface area contributed by atoms with Gasteiger partial charge in [-0.05, 0) is 22.4 Å². The van der Waals surface area contributed by atoms with Gasteiger partial charge in [0.15, 0.2) is 0 Å². The molecule has 0 aliphatic heterocycles. The van der Waals surface area contributed by atoms with Crippen LogP contribution in [0.5, 0.6) is 0 Å². The summed E-state index contributed by atoms with van der Waals surface area (Å²) >= 11 is 1.59. The van der Waals surface area contributed by atoms with Crippen molar-refractivity contribution in [2.24, 2.45) is 0 Å². The van der Waals surface area contributed by atoms with Gasteiger partial charge in [-0.1, -0.05) is 5.21 Å².